The van der Waals surface area contributed by atoms with Gasteiger partial charge in [0.25, 0.3) is 0 Å². The Morgan fingerprint density at radius 2 is 2.14 bits per heavy atom. The lowest BCUT2D eigenvalue weighted by Crippen LogP contribution is -1.98. The molecule has 1 aliphatic heterocycles. The van der Waals surface area contributed by atoms with E-state index in [1.54, 1.807) is 12.1 Å². The van der Waals surface area contributed by atoms with Gasteiger partial charge in [-0.2, -0.15) is 0 Å². The molecule has 1 atom stereocenters. The number of hydrogen-bond donors (Lipinski definition) is 1. The van der Waals surface area contributed by atoms with Crippen molar-refractivity contribution in [1.82, 2.24) is 0 Å². The minimum absolute atomic E-state index is 0.395. The second-order valence-corrected chi connectivity index (χ2v) is 5.82. The smallest absolute Gasteiger partial charge is 0.175 e. The van der Waals surface area contributed by atoms with Crippen molar-refractivity contribution in [3.63, 3.8) is 0 Å². The van der Waals surface area contributed by atoms with Gasteiger partial charge in [0.1, 0.15) is 0 Å². The minimum Gasteiger partial charge on any atom is -0.384 e. The Morgan fingerprint density at radius 1 is 1.43 bits per heavy atom. The lowest BCUT2D eigenvalue weighted by atomic mass is 10.0. The average Bonchev–Trinajstić information content (AvgIpc) is 2.46. The Bertz CT molecular complexity index is 465. The summed E-state index contributed by atoms with van der Waals surface area (Å²) in [5, 5.41) is 3.23. The summed E-state index contributed by atoms with van der Waals surface area (Å²) >= 11 is 0. The molecular formula is C10H13NO2S. The number of anilines is 1. The van der Waals surface area contributed by atoms with E-state index in [2.05, 4.69) is 12.2 Å². The zero-order valence-corrected chi connectivity index (χ0v) is 9.06. The summed E-state index contributed by atoms with van der Waals surface area (Å²) < 4.78 is 22.6. The van der Waals surface area contributed by atoms with Gasteiger partial charge in [-0.05, 0) is 23.8 Å². The van der Waals surface area contributed by atoms with E-state index in [9.17, 15) is 8.42 Å². The van der Waals surface area contributed by atoms with Gasteiger partial charge in [0, 0.05) is 24.4 Å². The molecule has 2 rings (SSSR count). The predicted molar refractivity (Wildman–Crippen MR) is 56.5 cm³/mol. The molecule has 0 radical (unpaired) electrons. The van der Waals surface area contributed by atoms with E-state index in [0.29, 0.717) is 10.8 Å². The van der Waals surface area contributed by atoms with Crippen LogP contribution in [0.2, 0.25) is 0 Å². The quantitative estimate of drug-likeness (QED) is 0.767. The third-order valence-electron chi connectivity index (χ3n) is 2.58. The first-order valence-corrected chi connectivity index (χ1v) is 6.45. The van der Waals surface area contributed by atoms with E-state index >= 15 is 0 Å². The van der Waals surface area contributed by atoms with Gasteiger partial charge in [0.2, 0.25) is 0 Å². The molecule has 0 saturated carbocycles. The zero-order chi connectivity index (χ0) is 10.3. The molecule has 1 aliphatic rings. The number of hydrogen-bond acceptors (Lipinski definition) is 3. The predicted octanol–water partition coefficient (Wildman–Crippen LogP) is 1.62. The Balaban J connectivity index is 2.56. The summed E-state index contributed by atoms with van der Waals surface area (Å²) in [4.78, 5) is 0.409. The fourth-order valence-electron chi connectivity index (χ4n) is 1.71. The molecule has 1 heterocycles. The van der Waals surface area contributed by atoms with Gasteiger partial charge in [-0.3, -0.25) is 0 Å². The second kappa shape index (κ2) is 2.98. The number of fused-ring (bicyclic) bond motifs is 1. The van der Waals surface area contributed by atoms with Crippen LogP contribution in [0.15, 0.2) is 23.1 Å². The largest absolute Gasteiger partial charge is 0.384 e. The van der Waals surface area contributed by atoms with Crippen LogP contribution >= 0.6 is 0 Å². The van der Waals surface area contributed by atoms with Crippen LogP contribution in [0.1, 0.15) is 18.4 Å². The first-order valence-electron chi connectivity index (χ1n) is 4.56. The summed E-state index contributed by atoms with van der Waals surface area (Å²) in [6, 6.07) is 5.27. The highest BCUT2D eigenvalue weighted by atomic mass is 32.2. The van der Waals surface area contributed by atoms with Gasteiger partial charge in [0.05, 0.1) is 4.90 Å². The van der Waals surface area contributed by atoms with Crippen molar-refractivity contribution in [3.05, 3.63) is 23.8 Å². The third kappa shape index (κ3) is 1.50. The molecule has 0 bridgehead atoms. The van der Waals surface area contributed by atoms with E-state index in [1.807, 2.05) is 6.07 Å². The topological polar surface area (TPSA) is 46.2 Å². The van der Waals surface area contributed by atoms with Gasteiger partial charge in [-0.25, -0.2) is 8.42 Å². The molecule has 1 N–H and O–H groups in total. The number of benzene rings is 1. The normalized spacial score (nSPS) is 20.3. The molecule has 0 amide bonds. The molecule has 1 aromatic carbocycles. The Kier molecular flexibility index (Phi) is 2.03. The molecular weight excluding hydrogens is 198 g/mol. The minimum atomic E-state index is -3.08. The van der Waals surface area contributed by atoms with Crippen molar-refractivity contribution in [1.29, 1.82) is 0 Å². The molecule has 76 valence electrons. The van der Waals surface area contributed by atoms with Crippen molar-refractivity contribution in [2.75, 3.05) is 18.1 Å². The average molecular weight is 211 g/mol. The summed E-state index contributed by atoms with van der Waals surface area (Å²) in [5.74, 6) is 0.395. The molecule has 4 heteroatoms. The second-order valence-electron chi connectivity index (χ2n) is 3.80. The van der Waals surface area contributed by atoms with Crippen molar-refractivity contribution in [2.24, 2.45) is 0 Å². The van der Waals surface area contributed by atoms with Gasteiger partial charge >= 0.3 is 0 Å². The van der Waals surface area contributed by atoms with Crippen LogP contribution in [-0.4, -0.2) is 21.2 Å². The third-order valence-corrected chi connectivity index (χ3v) is 3.69. The van der Waals surface area contributed by atoms with Crippen molar-refractivity contribution >= 4 is 15.5 Å². The van der Waals surface area contributed by atoms with Gasteiger partial charge < -0.3 is 5.32 Å². The van der Waals surface area contributed by atoms with E-state index in [4.69, 9.17) is 0 Å². The molecule has 0 spiro atoms. The number of sulfone groups is 1. The lowest BCUT2D eigenvalue weighted by Gasteiger charge is -2.04. The van der Waals surface area contributed by atoms with Crippen LogP contribution in [0.5, 0.6) is 0 Å². The SMILES string of the molecule is CC1CNc2ccc(S(C)(=O)=O)cc21. The van der Waals surface area contributed by atoms with E-state index < -0.39 is 9.84 Å². The van der Waals surface area contributed by atoms with Gasteiger partial charge in [-0.1, -0.05) is 6.92 Å². The Labute approximate surface area is 84.1 Å². The van der Waals surface area contributed by atoms with Crippen molar-refractivity contribution in [2.45, 2.75) is 17.7 Å². The monoisotopic (exact) mass is 211 g/mol. The highest BCUT2D eigenvalue weighted by Gasteiger charge is 2.19. The number of rotatable bonds is 1. The van der Waals surface area contributed by atoms with Gasteiger partial charge in [-0.15, -0.1) is 0 Å². The molecule has 0 aliphatic carbocycles. The van der Waals surface area contributed by atoms with Crippen molar-refractivity contribution in [3.8, 4) is 0 Å². The Hall–Kier alpha value is -1.03. The highest BCUT2D eigenvalue weighted by Crippen LogP contribution is 2.32. The summed E-state index contributed by atoms with van der Waals surface area (Å²) in [6.45, 7) is 2.98. The van der Waals surface area contributed by atoms with Crippen LogP contribution in [0.25, 0.3) is 0 Å². The standard InChI is InChI=1S/C10H13NO2S/c1-7-6-11-10-4-3-8(5-9(7)10)14(2,12)13/h3-5,7,11H,6H2,1-2H3. The molecule has 14 heavy (non-hydrogen) atoms. The number of nitrogens with one attached hydrogen (secondary N) is 1. The van der Waals surface area contributed by atoms with Crippen LogP contribution in [0, 0.1) is 0 Å². The van der Waals surface area contributed by atoms with Gasteiger partial charge in [0.15, 0.2) is 9.84 Å². The summed E-state index contributed by atoms with van der Waals surface area (Å²) in [6.07, 6.45) is 1.24. The first-order chi connectivity index (χ1) is 6.48. The molecule has 1 unspecified atom stereocenters. The molecule has 1 aromatic rings. The first kappa shape index (κ1) is 9.52. The van der Waals surface area contributed by atoms with Crippen LogP contribution in [0.4, 0.5) is 5.69 Å². The lowest BCUT2D eigenvalue weighted by molar-refractivity contribution is 0.601. The maximum absolute atomic E-state index is 11.3. The maximum atomic E-state index is 11.3. The molecule has 3 nitrogen and oxygen atoms in total. The molecule has 0 aromatic heterocycles. The van der Waals surface area contributed by atoms with Crippen LogP contribution in [-0.2, 0) is 9.84 Å². The van der Waals surface area contributed by atoms with E-state index in [0.717, 1.165) is 17.8 Å². The van der Waals surface area contributed by atoms with E-state index in [1.165, 1.54) is 6.26 Å². The maximum Gasteiger partial charge on any atom is 0.175 e. The van der Waals surface area contributed by atoms with E-state index in [-0.39, 0.29) is 0 Å². The fraction of sp³-hybridized carbons (Fsp3) is 0.400. The van der Waals surface area contributed by atoms with Crippen LogP contribution < -0.4 is 5.32 Å². The molecule has 0 saturated heterocycles. The highest BCUT2D eigenvalue weighted by molar-refractivity contribution is 7.90. The van der Waals surface area contributed by atoms with Crippen molar-refractivity contribution < 1.29 is 8.42 Å². The molecule has 0 fully saturated rings. The summed E-state index contributed by atoms with van der Waals surface area (Å²) in [5.41, 5.74) is 2.16. The van der Waals surface area contributed by atoms with Crippen LogP contribution in [0.3, 0.4) is 0 Å². The zero-order valence-electron chi connectivity index (χ0n) is 8.24. The Morgan fingerprint density at radius 3 is 2.79 bits per heavy atom. The fourth-order valence-corrected chi connectivity index (χ4v) is 2.37. The summed E-state index contributed by atoms with van der Waals surface area (Å²) in [7, 11) is -3.08.